The fraction of sp³-hybridized carbons (Fsp3) is 0.500. The highest BCUT2D eigenvalue weighted by atomic mass is 79.9. The summed E-state index contributed by atoms with van der Waals surface area (Å²) in [5.41, 5.74) is 0.637. The number of aromatic nitrogens is 1. The molecule has 1 aromatic rings. The van der Waals surface area contributed by atoms with Crippen molar-refractivity contribution in [2.45, 2.75) is 33.2 Å². The van der Waals surface area contributed by atoms with Gasteiger partial charge in [0.25, 0.3) is 5.91 Å². The smallest absolute Gasteiger partial charge is 0.251 e. The Labute approximate surface area is 105 Å². The molecule has 0 saturated carbocycles. The molecule has 1 atom stereocenters. The van der Waals surface area contributed by atoms with Gasteiger partial charge >= 0.3 is 0 Å². The normalized spacial score (nSPS) is 12.6. The monoisotopic (exact) mass is 284 g/mol. The maximum absolute atomic E-state index is 11.8. The van der Waals surface area contributed by atoms with Crippen LogP contribution in [0.4, 0.5) is 0 Å². The van der Waals surface area contributed by atoms with Crippen molar-refractivity contribution < 1.29 is 4.79 Å². The molecule has 1 unspecified atom stereocenters. The zero-order valence-electron chi connectivity index (χ0n) is 9.83. The van der Waals surface area contributed by atoms with Crippen LogP contribution in [0.25, 0.3) is 0 Å². The molecule has 3 nitrogen and oxygen atoms in total. The third-order valence-corrected chi connectivity index (χ3v) is 2.62. The van der Waals surface area contributed by atoms with Gasteiger partial charge in [-0.15, -0.1) is 0 Å². The molecule has 1 amide bonds. The first-order valence-corrected chi connectivity index (χ1v) is 6.20. The van der Waals surface area contributed by atoms with Crippen molar-refractivity contribution >= 4 is 21.8 Å². The predicted octanol–water partition coefficient (Wildman–Crippen LogP) is 3.01. The minimum atomic E-state index is -0.0451. The molecule has 4 heteroatoms. The zero-order valence-corrected chi connectivity index (χ0v) is 11.4. The minimum Gasteiger partial charge on any atom is -0.350 e. The van der Waals surface area contributed by atoms with E-state index in [-0.39, 0.29) is 11.9 Å². The summed E-state index contributed by atoms with van der Waals surface area (Å²) in [4.78, 5) is 15.8. The number of nitrogens with zero attached hydrogens (tertiary/aromatic N) is 1. The summed E-state index contributed by atoms with van der Waals surface area (Å²) in [6.45, 7) is 6.31. The Morgan fingerprint density at radius 1 is 1.50 bits per heavy atom. The van der Waals surface area contributed by atoms with Crippen molar-refractivity contribution in [3.63, 3.8) is 0 Å². The van der Waals surface area contributed by atoms with Gasteiger partial charge in [0.15, 0.2) is 0 Å². The van der Waals surface area contributed by atoms with Crippen LogP contribution in [0.2, 0.25) is 0 Å². The number of pyridine rings is 1. The zero-order chi connectivity index (χ0) is 12.1. The van der Waals surface area contributed by atoms with E-state index in [4.69, 9.17) is 0 Å². The molecule has 0 radical (unpaired) electrons. The molecular weight excluding hydrogens is 268 g/mol. The summed E-state index contributed by atoms with van der Waals surface area (Å²) in [6.07, 6.45) is 2.60. The van der Waals surface area contributed by atoms with Gasteiger partial charge in [-0.1, -0.05) is 13.8 Å². The number of nitrogens with one attached hydrogen (secondary N) is 1. The van der Waals surface area contributed by atoms with Gasteiger partial charge < -0.3 is 5.32 Å². The molecule has 0 aliphatic heterocycles. The quantitative estimate of drug-likeness (QED) is 0.864. The summed E-state index contributed by atoms with van der Waals surface area (Å²) in [5, 5.41) is 2.97. The van der Waals surface area contributed by atoms with E-state index < -0.39 is 0 Å². The highest BCUT2D eigenvalue weighted by molar-refractivity contribution is 9.10. The van der Waals surface area contributed by atoms with E-state index in [0.717, 1.165) is 6.42 Å². The second-order valence-corrected chi connectivity index (χ2v) is 5.18. The Kier molecular flexibility index (Phi) is 4.93. The molecule has 0 bridgehead atoms. The molecule has 0 fully saturated rings. The van der Waals surface area contributed by atoms with Crippen LogP contribution in [0.5, 0.6) is 0 Å². The van der Waals surface area contributed by atoms with E-state index in [1.54, 1.807) is 18.3 Å². The number of carbonyl (C=O) groups excluding carboxylic acids is 1. The number of halogens is 1. The molecule has 1 N–H and O–H groups in total. The number of hydrogen-bond acceptors (Lipinski definition) is 2. The van der Waals surface area contributed by atoms with Gasteiger partial charge in [0.2, 0.25) is 0 Å². The lowest BCUT2D eigenvalue weighted by Crippen LogP contribution is -2.33. The van der Waals surface area contributed by atoms with E-state index in [0.29, 0.717) is 16.1 Å². The molecule has 0 aliphatic carbocycles. The summed E-state index contributed by atoms with van der Waals surface area (Å²) in [7, 11) is 0. The van der Waals surface area contributed by atoms with Crippen molar-refractivity contribution in [1.29, 1.82) is 0 Å². The molecule has 16 heavy (non-hydrogen) atoms. The molecule has 0 aliphatic rings. The van der Waals surface area contributed by atoms with Gasteiger partial charge in [0.05, 0.1) is 0 Å². The van der Waals surface area contributed by atoms with Crippen molar-refractivity contribution in [3.05, 3.63) is 28.5 Å². The number of amides is 1. The van der Waals surface area contributed by atoms with Crippen LogP contribution in [0.1, 0.15) is 37.6 Å². The Hall–Kier alpha value is -0.900. The lowest BCUT2D eigenvalue weighted by molar-refractivity contribution is 0.0936. The van der Waals surface area contributed by atoms with Crippen LogP contribution < -0.4 is 5.32 Å². The summed E-state index contributed by atoms with van der Waals surface area (Å²) < 4.78 is 0.677. The van der Waals surface area contributed by atoms with Crippen molar-refractivity contribution in [2.75, 3.05) is 0 Å². The standard InChI is InChI=1S/C12H17BrN2O/c1-8(2)6-9(3)15-12(16)10-4-5-14-11(13)7-10/h4-5,7-9H,6H2,1-3H3,(H,15,16). The van der Waals surface area contributed by atoms with Gasteiger partial charge in [0.1, 0.15) is 4.60 Å². The maximum Gasteiger partial charge on any atom is 0.251 e. The summed E-state index contributed by atoms with van der Waals surface area (Å²) in [5.74, 6) is 0.538. The van der Waals surface area contributed by atoms with E-state index in [1.807, 2.05) is 6.92 Å². The lowest BCUT2D eigenvalue weighted by atomic mass is 10.1. The van der Waals surface area contributed by atoms with Gasteiger partial charge in [-0.3, -0.25) is 4.79 Å². The van der Waals surface area contributed by atoms with E-state index in [9.17, 15) is 4.79 Å². The lowest BCUT2D eigenvalue weighted by Gasteiger charge is -2.15. The number of carbonyl (C=O) groups is 1. The highest BCUT2D eigenvalue weighted by Gasteiger charge is 2.11. The van der Waals surface area contributed by atoms with Gasteiger partial charge in [-0.2, -0.15) is 0 Å². The fourth-order valence-corrected chi connectivity index (χ4v) is 1.98. The van der Waals surface area contributed by atoms with E-state index in [2.05, 4.69) is 40.1 Å². The van der Waals surface area contributed by atoms with Crippen LogP contribution in [0.3, 0.4) is 0 Å². The SMILES string of the molecule is CC(C)CC(C)NC(=O)c1ccnc(Br)c1. The van der Waals surface area contributed by atoms with E-state index >= 15 is 0 Å². The predicted molar refractivity (Wildman–Crippen MR) is 68.3 cm³/mol. The summed E-state index contributed by atoms with van der Waals surface area (Å²) >= 11 is 3.25. The Morgan fingerprint density at radius 2 is 2.19 bits per heavy atom. The molecule has 0 saturated heterocycles. The van der Waals surface area contributed by atoms with Crippen LogP contribution in [-0.2, 0) is 0 Å². The van der Waals surface area contributed by atoms with Crippen molar-refractivity contribution in [1.82, 2.24) is 10.3 Å². The number of hydrogen-bond donors (Lipinski definition) is 1. The third-order valence-electron chi connectivity index (χ3n) is 2.19. The van der Waals surface area contributed by atoms with Gasteiger partial charge in [-0.05, 0) is 47.3 Å². The highest BCUT2D eigenvalue weighted by Crippen LogP contribution is 2.09. The molecule has 1 rings (SSSR count). The molecule has 0 aromatic carbocycles. The maximum atomic E-state index is 11.8. The topological polar surface area (TPSA) is 42.0 Å². The molecule has 1 aromatic heterocycles. The van der Waals surface area contributed by atoms with Gasteiger partial charge in [0, 0.05) is 17.8 Å². The Bertz CT molecular complexity index is 366. The first-order valence-electron chi connectivity index (χ1n) is 5.41. The average molecular weight is 285 g/mol. The van der Waals surface area contributed by atoms with Crippen molar-refractivity contribution in [2.24, 2.45) is 5.92 Å². The van der Waals surface area contributed by atoms with Crippen LogP contribution in [0.15, 0.2) is 22.9 Å². The van der Waals surface area contributed by atoms with Crippen LogP contribution in [-0.4, -0.2) is 16.9 Å². The minimum absolute atomic E-state index is 0.0451. The van der Waals surface area contributed by atoms with Crippen LogP contribution >= 0.6 is 15.9 Å². The summed E-state index contributed by atoms with van der Waals surface area (Å²) in [6, 6.07) is 3.62. The van der Waals surface area contributed by atoms with E-state index in [1.165, 1.54) is 0 Å². The molecular formula is C12H17BrN2O. The second kappa shape index (κ2) is 5.99. The van der Waals surface area contributed by atoms with Gasteiger partial charge in [-0.25, -0.2) is 4.98 Å². The molecule has 88 valence electrons. The second-order valence-electron chi connectivity index (χ2n) is 4.37. The van der Waals surface area contributed by atoms with Crippen LogP contribution in [0, 0.1) is 5.92 Å². The molecule has 0 spiro atoms. The Morgan fingerprint density at radius 3 is 2.75 bits per heavy atom. The molecule has 1 heterocycles. The largest absolute Gasteiger partial charge is 0.350 e. The average Bonchev–Trinajstić information content (AvgIpc) is 2.16. The van der Waals surface area contributed by atoms with Crippen molar-refractivity contribution in [3.8, 4) is 0 Å². The number of rotatable bonds is 4. The first-order chi connectivity index (χ1) is 7.49. The fourth-order valence-electron chi connectivity index (χ4n) is 1.62. The first kappa shape index (κ1) is 13.2. The third kappa shape index (κ3) is 4.31. The Balaban J connectivity index is 2.59.